The monoisotopic (exact) mass is 286 g/mol. The predicted octanol–water partition coefficient (Wildman–Crippen LogP) is 2.69. The number of nitrogens with zero attached hydrogens (tertiary/aromatic N) is 3. The van der Waals surface area contributed by atoms with Gasteiger partial charge in [0.2, 0.25) is 0 Å². The average molecular weight is 286 g/mol. The van der Waals surface area contributed by atoms with Gasteiger partial charge < -0.3 is 10.3 Å². The zero-order chi connectivity index (χ0) is 15.1. The van der Waals surface area contributed by atoms with Crippen molar-refractivity contribution in [3.8, 4) is 5.69 Å². The number of imidazole rings is 1. The normalized spacial score (nSPS) is 11.6. The van der Waals surface area contributed by atoms with E-state index in [9.17, 15) is 23.3 Å². The van der Waals surface area contributed by atoms with E-state index < -0.39 is 22.4 Å². The van der Waals surface area contributed by atoms with Crippen LogP contribution in [0, 0.1) is 17.0 Å². The Hall–Kier alpha value is -2.58. The van der Waals surface area contributed by atoms with E-state index in [1.165, 1.54) is 23.9 Å². The SMILES string of the molecule is Cc1nccn1-c1cc(N)c([N+](=O)[O-])cc1C(F)(F)F. The molecule has 0 aliphatic carbocycles. The Balaban J connectivity index is 2.77. The molecule has 2 N–H and O–H groups in total. The van der Waals surface area contributed by atoms with Crippen molar-refractivity contribution in [3.63, 3.8) is 0 Å². The van der Waals surface area contributed by atoms with Gasteiger partial charge in [-0.05, 0) is 13.0 Å². The van der Waals surface area contributed by atoms with E-state index in [0.717, 1.165) is 6.07 Å². The van der Waals surface area contributed by atoms with E-state index in [2.05, 4.69) is 4.98 Å². The average Bonchev–Trinajstić information content (AvgIpc) is 2.72. The number of nitrogen functional groups attached to an aromatic ring is 1. The number of rotatable bonds is 2. The van der Waals surface area contributed by atoms with Crippen LogP contribution in [0.25, 0.3) is 5.69 Å². The lowest BCUT2D eigenvalue weighted by molar-refractivity contribution is -0.384. The second kappa shape index (κ2) is 4.51. The van der Waals surface area contributed by atoms with Crippen molar-refractivity contribution in [1.82, 2.24) is 9.55 Å². The molecule has 0 radical (unpaired) electrons. The van der Waals surface area contributed by atoms with Crippen molar-refractivity contribution in [1.29, 1.82) is 0 Å². The van der Waals surface area contributed by atoms with Gasteiger partial charge in [0, 0.05) is 18.5 Å². The lowest BCUT2D eigenvalue weighted by Gasteiger charge is -2.15. The second-order valence-corrected chi connectivity index (χ2v) is 4.03. The highest BCUT2D eigenvalue weighted by molar-refractivity contribution is 5.66. The first kappa shape index (κ1) is 13.8. The first-order valence-electron chi connectivity index (χ1n) is 5.37. The number of anilines is 1. The lowest BCUT2D eigenvalue weighted by Crippen LogP contribution is -2.13. The standard InChI is InChI=1S/C11H9F3N4O2/c1-6-16-2-3-17(6)9-5-8(15)10(18(19)20)4-7(9)11(12,13)14/h2-5H,15H2,1H3. The summed E-state index contributed by atoms with van der Waals surface area (Å²) in [7, 11) is 0. The quantitative estimate of drug-likeness (QED) is 0.522. The third-order valence-electron chi connectivity index (χ3n) is 2.73. The van der Waals surface area contributed by atoms with E-state index in [1.54, 1.807) is 0 Å². The van der Waals surface area contributed by atoms with E-state index in [-0.39, 0.29) is 11.4 Å². The Morgan fingerprint density at radius 3 is 2.50 bits per heavy atom. The maximum atomic E-state index is 13.0. The van der Waals surface area contributed by atoms with Gasteiger partial charge in [-0.25, -0.2) is 4.98 Å². The number of hydrogen-bond acceptors (Lipinski definition) is 4. The molecule has 0 saturated heterocycles. The van der Waals surface area contributed by atoms with E-state index in [4.69, 9.17) is 5.73 Å². The van der Waals surface area contributed by atoms with Crippen molar-refractivity contribution < 1.29 is 18.1 Å². The van der Waals surface area contributed by atoms with E-state index in [1.807, 2.05) is 0 Å². The second-order valence-electron chi connectivity index (χ2n) is 4.03. The van der Waals surface area contributed by atoms with Gasteiger partial charge in [0.25, 0.3) is 5.69 Å². The molecule has 1 aromatic carbocycles. The molecule has 0 atom stereocenters. The van der Waals surface area contributed by atoms with E-state index in [0.29, 0.717) is 11.9 Å². The van der Waals surface area contributed by atoms with Crippen molar-refractivity contribution in [2.24, 2.45) is 0 Å². The Bertz CT molecular complexity index is 679. The number of benzene rings is 1. The molecule has 20 heavy (non-hydrogen) atoms. The molecule has 0 amide bonds. The summed E-state index contributed by atoms with van der Waals surface area (Å²) in [6, 6.07) is 1.36. The molecule has 2 aromatic rings. The third-order valence-corrected chi connectivity index (χ3v) is 2.73. The van der Waals surface area contributed by atoms with Crippen LogP contribution in [0.15, 0.2) is 24.5 Å². The zero-order valence-electron chi connectivity index (χ0n) is 10.2. The first-order valence-corrected chi connectivity index (χ1v) is 5.37. The molecule has 9 heteroatoms. The van der Waals surface area contributed by atoms with Crippen LogP contribution in [0.1, 0.15) is 11.4 Å². The molecule has 0 spiro atoms. The van der Waals surface area contributed by atoms with Crippen LogP contribution in [0.4, 0.5) is 24.5 Å². The van der Waals surface area contributed by atoms with Gasteiger partial charge in [-0.1, -0.05) is 0 Å². The minimum atomic E-state index is -4.75. The molecule has 1 aromatic heterocycles. The highest BCUT2D eigenvalue weighted by atomic mass is 19.4. The molecule has 106 valence electrons. The van der Waals surface area contributed by atoms with Crippen molar-refractivity contribution in [2.45, 2.75) is 13.1 Å². The van der Waals surface area contributed by atoms with Crippen LogP contribution >= 0.6 is 0 Å². The van der Waals surface area contributed by atoms with Crippen LogP contribution in [-0.2, 0) is 6.18 Å². The molecule has 2 rings (SSSR count). The predicted molar refractivity (Wildman–Crippen MR) is 64.4 cm³/mol. The summed E-state index contributed by atoms with van der Waals surface area (Å²) in [4.78, 5) is 13.6. The van der Waals surface area contributed by atoms with Gasteiger partial charge in [-0.3, -0.25) is 10.1 Å². The Morgan fingerprint density at radius 2 is 2.05 bits per heavy atom. The fourth-order valence-corrected chi connectivity index (χ4v) is 1.81. The van der Waals surface area contributed by atoms with E-state index >= 15 is 0 Å². The third kappa shape index (κ3) is 2.29. The summed E-state index contributed by atoms with van der Waals surface area (Å²) < 4.78 is 40.3. The van der Waals surface area contributed by atoms with Crippen LogP contribution in [0.5, 0.6) is 0 Å². The number of aromatic nitrogens is 2. The van der Waals surface area contributed by atoms with Gasteiger partial charge >= 0.3 is 6.18 Å². The highest BCUT2D eigenvalue weighted by Crippen LogP contribution is 2.38. The molecule has 0 aliphatic rings. The number of halogens is 3. The van der Waals surface area contributed by atoms with Gasteiger partial charge in [0.05, 0.1) is 16.2 Å². The summed E-state index contributed by atoms with van der Waals surface area (Å²) in [5.74, 6) is 0.309. The molecule has 0 aliphatic heterocycles. The van der Waals surface area contributed by atoms with Crippen molar-refractivity contribution in [2.75, 3.05) is 5.73 Å². The first-order chi connectivity index (χ1) is 9.21. The summed E-state index contributed by atoms with van der Waals surface area (Å²) in [6.07, 6.45) is -2.09. The van der Waals surface area contributed by atoms with Crippen LogP contribution in [-0.4, -0.2) is 14.5 Å². The van der Waals surface area contributed by atoms with Gasteiger partial charge in [-0.2, -0.15) is 13.2 Å². The summed E-state index contributed by atoms with van der Waals surface area (Å²) in [5, 5.41) is 10.7. The fraction of sp³-hybridized carbons (Fsp3) is 0.182. The minimum absolute atomic E-state index is 0.296. The van der Waals surface area contributed by atoms with Crippen LogP contribution in [0.3, 0.4) is 0 Å². The van der Waals surface area contributed by atoms with Crippen LogP contribution in [0.2, 0.25) is 0 Å². The number of nitro groups is 1. The largest absolute Gasteiger partial charge is 0.418 e. The number of alkyl halides is 3. The molecular weight excluding hydrogens is 277 g/mol. The lowest BCUT2D eigenvalue weighted by atomic mass is 10.1. The zero-order valence-corrected chi connectivity index (χ0v) is 10.2. The topological polar surface area (TPSA) is 87.0 Å². The van der Waals surface area contributed by atoms with Gasteiger partial charge in [0.15, 0.2) is 0 Å². The molecule has 1 heterocycles. The van der Waals surface area contributed by atoms with Crippen LogP contribution < -0.4 is 5.73 Å². The fourth-order valence-electron chi connectivity index (χ4n) is 1.81. The highest BCUT2D eigenvalue weighted by Gasteiger charge is 2.37. The molecule has 0 bridgehead atoms. The maximum absolute atomic E-state index is 13.0. The summed E-state index contributed by atoms with van der Waals surface area (Å²) >= 11 is 0. The molecule has 6 nitrogen and oxygen atoms in total. The molecular formula is C11H9F3N4O2. The van der Waals surface area contributed by atoms with Gasteiger partial charge in [-0.15, -0.1) is 0 Å². The summed E-state index contributed by atoms with van der Waals surface area (Å²) in [6.45, 7) is 1.51. The number of hydrogen-bond donors (Lipinski definition) is 1. The smallest absolute Gasteiger partial charge is 0.393 e. The van der Waals surface area contributed by atoms with Gasteiger partial charge in [0.1, 0.15) is 11.5 Å². The summed E-state index contributed by atoms with van der Waals surface area (Å²) in [5.41, 5.74) is 2.89. The molecule has 0 saturated carbocycles. The number of aryl methyl sites for hydroxylation is 1. The number of nitro benzene ring substituents is 1. The number of nitrogens with two attached hydrogens (primary N) is 1. The Kier molecular flexibility index (Phi) is 3.12. The van der Waals surface area contributed by atoms with Crippen molar-refractivity contribution in [3.05, 3.63) is 46.0 Å². The van der Waals surface area contributed by atoms with Crippen molar-refractivity contribution >= 4 is 11.4 Å². The maximum Gasteiger partial charge on any atom is 0.418 e. The Morgan fingerprint density at radius 1 is 1.40 bits per heavy atom. The molecule has 0 fully saturated rings. The Labute approximate surface area is 110 Å². The molecule has 0 unspecified atom stereocenters. The minimum Gasteiger partial charge on any atom is -0.393 e.